The Balaban J connectivity index is 3.85. The van der Waals surface area contributed by atoms with Gasteiger partial charge in [0.25, 0.3) is 0 Å². The van der Waals surface area contributed by atoms with Crippen LogP contribution in [0.2, 0.25) is 0 Å². The van der Waals surface area contributed by atoms with Gasteiger partial charge in [0.15, 0.2) is 5.76 Å². The van der Waals surface area contributed by atoms with Crippen LogP contribution in [0.15, 0.2) is 36.1 Å². The molecule has 0 fully saturated rings. The molecule has 0 heterocycles. The molecular formula is C11H19O2P. The third kappa shape index (κ3) is 8.03. The van der Waals surface area contributed by atoms with Crippen molar-refractivity contribution >= 4 is 8.58 Å². The molecule has 0 amide bonds. The lowest BCUT2D eigenvalue weighted by Crippen LogP contribution is -1.97. The summed E-state index contributed by atoms with van der Waals surface area (Å²) in [5.74, 6) is 0.727. The van der Waals surface area contributed by atoms with Gasteiger partial charge in [-0.25, -0.2) is 0 Å². The Kier molecular flexibility index (Phi) is 10.0. The van der Waals surface area contributed by atoms with Crippen LogP contribution in [0.1, 0.15) is 13.8 Å². The highest BCUT2D eigenvalue weighted by atomic mass is 31.1. The smallest absolute Gasteiger partial charge is 0.165 e. The van der Waals surface area contributed by atoms with Crippen LogP contribution in [0.3, 0.4) is 0 Å². The minimum atomic E-state index is 0.652. The molecule has 0 spiro atoms. The van der Waals surface area contributed by atoms with Gasteiger partial charge >= 0.3 is 0 Å². The van der Waals surface area contributed by atoms with E-state index in [4.69, 9.17) is 9.78 Å². The molecule has 0 aliphatic heterocycles. The van der Waals surface area contributed by atoms with Crippen LogP contribution in [0.4, 0.5) is 0 Å². The molecule has 0 aromatic rings. The van der Waals surface area contributed by atoms with Crippen LogP contribution in [-0.4, -0.2) is 19.4 Å². The third-order valence-corrected chi connectivity index (χ3v) is 2.08. The fourth-order valence-electron chi connectivity index (χ4n) is 0.720. The molecule has 0 N–H and O–H groups in total. The van der Waals surface area contributed by atoms with Gasteiger partial charge < -0.3 is 4.89 Å². The van der Waals surface area contributed by atoms with Gasteiger partial charge in [-0.05, 0) is 38.8 Å². The first-order valence-corrected chi connectivity index (χ1v) is 6.45. The summed E-state index contributed by atoms with van der Waals surface area (Å²) in [7, 11) is 0.907. The van der Waals surface area contributed by atoms with Crippen molar-refractivity contribution in [1.82, 2.24) is 0 Å². The molecule has 80 valence electrons. The van der Waals surface area contributed by atoms with Gasteiger partial charge in [-0.2, -0.15) is 4.89 Å². The Bertz CT molecular complexity index is 207. The van der Waals surface area contributed by atoms with E-state index in [0.717, 1.165) is 20.5 Å². The fourth-order valence-corrected chi connectivity index (χ4v) is 1.01. The molecule has 0 radical (unpaired) electrons. The molecule has 0 saturated heterocycles. The van der Waals surface area contributed by atoms with E-state index in [-0.39, 0.29) is 0 Å². The molecular weight excluding hydrogens is 195 g/mol. The maximum Gasteiger partial charge on any atom is 0.165 e. The van der Waals surface area contributed by atoms with Crippen LogP contribution < -0.4 is 0 Å². The van der Waals surface area contributed by atoms with Crippen molar-refractivity contribution in [2.24, 2.45) is 0 Å². The minimum Gasteiger partial charge on any atom is -0.338 e. The van der Waals surface area contributed by atoms with Gasteiger partial charge in [0, 0.05) is 0 Å². The Morgan fingerprint density at radius 3 is 2.64 bits per heavy atom. The normalized spacial score (nSPS) is 13.8. The molecule has 1 atom stereocenters. The molecule has 2 nitrogen and oxygen atoms in total. The highest BCUT2D eigenvalue weighted by molar-refractivity contribution is 7.37. The topological polar surface area (TPSA) is 18.5 Å². The first-order valence-electron chi connectivity index (χ1n) is 4.75. The summed E-state index contributed by atoms with van der Waals surface area (Å²) in [6.07, 6.45) is 10.6. The summed E-state index contributed by atoms with van der Waals surface area (Å²) >= 11 is 0. The van der Waals surface area contributed by atoms with Crippen molar-refractivity contribution < 1.29 is 9.78 Å². The molecule has 0 bridgehead atoms. The van der Waals surface area contributed by atoms with Crippen molar-refractivity contribution in [3.8, 4) is 0 Å². The van der Waals surface area contributed by atoms with E-state index in [0.29, 0.717) is 6.61 Å². The third-order valence-electron chi connectivity index (χ3n) is 1.37. The molecule has 0 aliphatic rings. The Morgan fingerprint density at radius 1 is 1.29 bits per heavy atom. The van der Waals surface area contributed by atoms with Gasteiger partial charge in [0.1, 0.15) is 0 Å². The van der Waals surface area contributed by atoms with Crippen molar-refractivity contribution in [1.29, 1.82) is 0 Å². The van der Waals surface area contributed by atoms with Crippen molar-refractivity contribution in [3.05, 3.63) is 36.1 Å². The zero-order valence-corrected chi connectivity index (χ0v) is 10.1. The summed E-state index contributed by atoms with van der Waals surface area (Å²) in [4.78, 5) is 10.2. The molecule has 3 heteroatoms. The van der Waals surface area contributed by atoms with Crippen molar-refractivity contribution in [3.63, 3.8) is 0 Å². The van der Waals surface area contributed by atoms with Gasteiger partial charge in [0.2, 0.25) is 0 Å². The average Bonchev–Trinajstić information content (AvgIpc) is 2.20. The highest BCUT2D eigenvalue weighted by Gasteiger charge is 1.92. The number of allylic oxidation sites excluding steroid dienone is 5. The zero-order chi connectivity index (χ0) is 10.6. The van der Waals surface area contributed by atoms with E-state index in [2.05, 4.69) is 6.66 Å². The van der Waals surface area contributed by atoms with Crippen LogP contribution in [0.5, 0.6) is 0 Å². The summed E-state index contributed by atoms with van der Waals surface area (Å²) < 4.78 is 0. The minimum absolute atomic E-state index is 0.652. The SMILES string of the molecule is C\C=C/C=C(\C=C/C)OOCCPC. The Morgan fingerprint density at radius 2 is 2.07 bits per heavy atom. The van der Waals surface area contributed by atoms with E-state index in [1.807, 2.05) is 44.2 Å². The average molecular weight is 214 g/mol. The predicted octanol–water partition coefficient (Wildman–Crippen LogP) is 3.28. The highest BCUT2D eigenvalue weighted by Crippen LogP contribution is 2.04. The molecule has 0 aromatic heterocycles. The molecule has 0 aromatic carbocycles. The lowest BCUT2D eigenvalue weighted by atomic mass is 10.4. The summed E-state index contributed by atoms with van der Waals surface area (Å²) in [6.45, 7) is 6.70. The van der Waals surface area contributed by atoms with Crippen LogP contribution in [-0.2, 0) is 9.78 Å². The van der Waals surface area contributed by atoms with E-state index in [1.165, 1.54) is 0 Å². The van der Waals surface area contributed by atoms with Gasteiger partial charge in [0.05, 0.1) is 6.61 Å². The van der Waals surface area contributed by atoms with Crippen LogP contribution in [0, 0.1) is 0 Å². The van der Waals surface area contributed by atoms with Gasteiger partial charge in [-0.15, -0.1) is 8.58 Å². The van der Waals surface area contributed by atoms with E-state index in [9.17, 15) is 0 Å². The largest absolute Gasteiger partial charge is 0.338 e. The van der Waals surface area contributed by atoms with E-state index < -0.39 is 0 Å². The van der Waals surface area contributed by atoms with Gasteiger partial charge in [-0.3, -0.25) is 0 Å². The summed E-state index contributed by atoms with van der Waals surface area (Å²) in [6, 6.07) is 0. The Hall–Kier alpha value is -0.590. The quantitative estimate of drug-likeness (QED) is 0.162. The van der Waals surface area contributed by atoms with E-state index >= 15 is 0 Å². The summed E-state index contributed by atoms with van der Waals surface area (Å²) in [5.41, 5.74) is 0. The molecule has 0 saturated carbocycles. The first kappa shape index (κ1) is 13.4. The second kappa shape index (κ2) is 10.5. The van der Waals surface area contributed by atoms with E-state index in [1.54, 1.807) is 0 Å². The first-order chi connectivity index (χ1) is 6.85. The van der Waals surface area contributed by atoms with Crippen LogP contribution >= 0.6 is 8.58 Å². The zero-order valence-electron chi connectivity index (χ0n) is 9.12. The lowest BCUT2D eigenvalue weighted by molar-refractivity contribution is -0.253. The fraction of sp³-hybridized carbons (Fsp3) is 0.455. The lowest BCUT2D eigenvalue weighted by Gasteiger charge is -2.03. The number of rotatable bonds is 7. The maximum atomic E-state index is 5.11. The van der Waals surface area contributed by atoms with Gasteiger partial charge in [-0.1, -0.05) is 18.2 Å². The second-order valence-corrected chi connectivity index (χ2v) is 3.81. The summed E-state index contributed by atoms with van der Waals surface area (Å²) in [5, 5.41) is 0. The molecule has 14 heavy (non-hydrogen) atoms. The standard InChI is InChI=1S/C11H19O2P/c1-4-6-8-11(7-5-2)13-12-9-10-14-3/h4-8,14H,9-10H2,1-3H3/b6-4-,7-5-,11-8+. The monoisotopic (exact) mass is 214 g/mol. The van der Waals surface area contributed by atoms with Crippen LogP contribution in [0.25, 0.3) is 0 Å². The molecule has 1 unspecified atom stereocenters. The van der Waals surface area contributed by atoms with Crippen molar-refractivity contribution in [2.45, 2.75) is 13.8 Å². The Labute approximate surface area is 88.4 Å². The molecule has 0 aliphatic carbocycles. The maximum absolute atomic E-state index is 5.11. The predicted molar refractivity (Wildman–Crippen MR) is 63.9 cm³/mol. The second-order valence-electron chi connectivity index (χ2n) is 2.60. The molecule has 0 rings (SSSR count). The van der Waals surface area contributed by atoms with Crippen molar-refractivity contribution in [2.75, 3.05) is 19.4 Å². The number of hydrogen-bond donors (Lipinski definition) is 0. The number of hydrogen-bond acceptors (Lipinski definition) is 2.